The zero-order chi connectivity index (χ0) is 85.1. The molecule has 0 N–H and O–H groups in total. The van der Waals surface area contributed by atoms with Crippen LogP contribution in [0.25, 0.3) is 95.4 Å². The van der Waals surface area contributed by atoms with E-state index in [4.69, 9.17) is 0 Å². The number of rotatable bonds is 5. The third-order valence-electron chi connectivity index (χ3n) is 18.4. The van der Waals surface area contributed by atoms with Crippen molar-refractivity contribution < 1.29 is 22.8 Å². The number of aromatic nitrogens is 5. The fraction of sp³-hybridized carbons (Fsp3) is 0.324. The van der Waals surface area contributed by atoms with E-state index in [1.165, 1.54) is 151 Å². The summed E-state index contributed by atoms with van der Waals surface area (Å²) in [7, 11) is 10.6. The molecule has 0 atom stereocenters. The number of pyridine rings is 5. The number of fused-ring (bicyclic) bond motifs is 8. The summed E-state index contributed by atoms with van der Waals surface area (Å²) in [5, 5.41) is 2.59. The first-order valence-electron chi connectivity index (χ1n) is 42.8. The third-order valence-corrected chi connectivity index (χ3v) is 18.4. The van der Waals surface area contributed by atoms with Gasteiger partial charge in [-0.2, -0.15) is 0 Å². The van der Waals surface area contributed by atoms with Gasteiger partial charge in [0.1, 0.15) is 35.2 Å². The van der Waals surface area contributed by atoms with E-state index in [2.05, 4.69) is 366 Å². The number of nitrogens with zero attached hydrogens (tertiary/aromatic N) is 5. The molecule has 13 aromatic rings. The molecule has 0 unspecified atom stereocenters. The lowest BCUT2D eigenvalue weighted by Crippen LogP contribution is -2.32. The van der Waals surface area contributed by atoms with E-state index in [9.17, 15) is 0 Å². The van der Waals surface area contributed by atoms with Crippen LogP contribution >= 0.6 is 0 Å². The van der Waals surface area contributed by atoms with Crippen LogP contribution in [-0.2, 0) is 54.5 Å². The molecular weight excluding hydrogens is 1370 g/mol. The smallest absolute Gasteiger partial charge is 0.201 e. The van der Waals surface area contributed by atoms with E-state index in [0.717, 1.165) is 19.3 Å². The number of hydrogen-bond acceptors (Lipinski definition) is 0. The minimum Gasteiger partial charge on any atom is -0.201 e. The Bertz CT molecular complexity index is 4690. The van der Waals surface area contributed by atoms with Gasteiger partial charge in [-0.3, -0.25) is 0 Å². The van der Waals surface area contributed by atoms with E-state index in [1.807, 2.05) is 158 Å². The highest BCUT2D eigenvalue weighted by molar-refractivity contribution is 5.93. The molecule has 8 aromatic carbocycles. The Balaban J connectivity index is 0.000000667. The Labute approximate surface area is 690 Å². The van der Waals surface area contributed by atoms with Crippen LogP contribution in [0.5, 0.6) is 0 Å². The highest BCUT2D eigenvalue weighted by Crippen LogP contribution is 2.43. The average molecular weight is 1520 g/mol. The van der Waals surface area contributed by atoms with Crippen molar-refractivity contribution in [1.29, 1.82) is 0 Å². The molecule has 0 aliphatic heterocycles. The Hall–Kier alpha value is -10.5. The van der Waals surface area contributed by atoms with Gasteiger partial charge in [0.25, 0.3) is 0 Å². The summed E-state index contributed by atoms with van der Waals surface area (Å²) in [6, 6.07) is 84.1. The Morgan fingerprint density at radius 2 is 0.575 bits per heavy atom. The van der Waals surface area contributed by atoms with Gasteiger partial charge in [0.05, 0.1) is 10.9 Å². The first-order valence-corrected chi connectivity index (χ1v) is 42.8. The van der Waals surface area contributed by atoms with E-state index < -0.39 is 0 Å². The van der Waals surface area contributed by atoms with Gasteiger partial charge in [-0.1, -0.05) is 316 Å². The van der Waals surface area contributed by atoms with Crippen LogP contribution in [0, 0.1) is 34.6 Å². The second-order valence-electron chi connectivity index (χ2n) is 24.5. The molecule has 0 spiro atoms. The van der Waals surface area contributed by atoms with Gasteiger partial charge in [0.2, 0.25) is 28.5 Å². The lowest BCUT2D eigenvalue weighted by atomic mass is 9.94. The Morgan fingerprint density at radius 3 is 1.04 bits per heavy atom. The molecule has 5 heterocycles. The van der Waals surface area contributed by atoms with Crippen molar-refractivity contribution >= 4 is 16.8 Å². The van der Waals surface area contributed by atoms with Crippen LogP contribution in [0.15, 0.2) is 274 Å². The molecule has 5 nitrogen and oxygen atoms in total. The predicted octanol–water partition coefficient (Wildman–Crippen LogP) is 28.6. The summed E-state index contributed by atoms with van der Waals surface area (Å²) >= 11 is 0. The summed E-state index contributed by atoms with van der Waals surface area (Å²) < 4.78 is 11.0. The summed E-state index contributed by atoms with van der Waals surface area (Å²) in [5.41, 5.74) is 34.0. The van der Waals surface area contributed by atoms with Crippen LogP contribution < -0.4 is 22.8 Å². The first kappa shape index (κ1) is 101. The average Bonchev–Trinajstić information content (AvgIpc) is 1.66. The van der Waals surface area contributed by atoms with Crippen LogP contribution in [0.4, 0.5) is 0 Å². The molecule has 0 radical (unpaired) electrons. The van der Waals surface area contributed by atoms with Gasteiger partial charge < -0.3 is 0 Å². The Morgan fingerprint density at radius 1 is 0.230 bits per heavy atom. The minimum atomic E-state index is 1.03. The topological polar surface area (TPSA) is 19.4 Å². The van der Waals surface area contributed by atoms with Gasteiger partial charge in [-0.15, -0.1) is 0 Å². The molecule has 600 valence electrons. The van der Waals surface area contributed by atoms with E-state index >= 15 is 0 Å². The molecule has 3 aliphatic carbocycles. The van der Waals surface area contributed by atoms with Gasteiger partial charge in [-0.05, 0) is 168 Å². The van der Waals surface area contributed by atoms with Crippen molar-refractivity contribution in [3.63, 3.8) is 0 Å². The van der Waals surface area contributed by atoms with Crippen LogP contribution in [-0.4, -0.2) is 0 Å². The van der Waals surface area contributed by atoms with Gasteiger partial charge >= 0.3 is 0 Å². The monoisotopic (exact) mass is 1520 g/mol. The quantitative estimate of drug-likeness (QED) is 0.153. The van der Waals surface area contributed by atoms with Gasteiger partial charge in [0, 0.05) is 82.3 Å². The first-order chi connectivity index (χ1) is 55.3. The van der Waals surface area contributed by atoms with Crippen molar-refractivity contribution in [2.75, 3.05) is 0 Å². The Kier molecular flexibility index (Phi) is 50.4. The summed E-state index contributed by atoms with van der Waals surface area (Å²) in [4.78, 5) is 0. The lowest BCUT2D eigenvalue weighted by molar-refractivity contribution is -0.660. The van der Waals surface area contributed by atoms with Gasteiger partial charge in [0.15, 0.2) is 31.0 Å². The normalized spacial score (nSPS) is 9.98. The van der Waals surface area contributed by atoms with Crippen molar-refractivity contribution in [1.82, 2.24) is 0 Å². The van der Waals surface area contributed by atoms with Crippen LogP contribution in [0.3, 0.4) is 0 Å². The molecule has 0 saturated heterocycles. The van der Waals surface area contributed by atoms with Gasteiger partial charge in [-0.25, -0.2) is 22.8 Å². The maximum Gasteiger partial charge on any atom is 0.220 e. The molecule has 16 rings (SSSR count). The second-order valence-corrected chi connectivity index (χ2v) is 24.5. The molecule has 113 heavy (non-hydrogen) atoms. The molecule has 0 bridgehead atoms. The fourth-order valence-electron chi connectivity index (χ4n) is 13.7. The van der Waals surface area contributed by atoms with Crippen molar-refractivity contribution in [3.05, 3.63) is 335 Å². The number of benzene rings is 8. The van der Waals surface area contributed by atoms with Crippen molar-refractivity contribution in [2.45, 2.75) is 206 Å². The number of hydrogen-bond donors (Lipinski definition) is 0. The van der Waals surface area contributed by atoms with Crippen LogP contribution in [0.1, 0.15) is 214 Å². The minimum absolute atomic E-state index is 1.03. The number of aryl methyl sites for hydroxylation is 10. The second kappa shape index (κ2) is 56.7. The molecular formula is C108H148N5+5. The highest BCUT2D eigenvalue weighted by Gasteiger charge is 2.29. The lowest BCUT2D eigenvalue weighted by Gasteiger charge is -2.10. The predicted molar refractivity (Wildman–Crippen MR) is 501 cm³/mol. The summed E-state index contributed by atoms with van der Waals surface area (Å²) in [6.07, 6.45) is 18.2. The molecule has 0 saturated carbocycles. The third kappa shape index (κ3) is 26.6. The zero-order valence-corrected chi connectivity index (χ0v) is 76.4. The van der Waals surface area contributed by atoms with E-state index in [1.54, 1.807) is 0 Å². The maximum absolute atomic E-state index is 2.28. The largest absolute Gasteiger partial charge is 0.220 e. The molecule has 3 aliphatic rings. The maximum atomic E-state index is 2.28. The van der Waals surface area contributed by atoms with Crippen LogP contribution in [0.2, 0.25) is 0 Å². The fourth-order valence-corrected chi connectivity index (χ4v) is 13.7. The van der Waals surface area contributed by atoms with E-state index in [-0.39, 0.29) is 0 Å². The number of allylic oxidation sites excluding steroid dienone is 1. The summed E-state index contributed by atoms with van der Waals surface area (Å²) in [5.74, 6) is 0. The standard InChI is InChI=1S/2C20H18N.C17H16N.C16H16N.C13H14N.11C2H6/c1-14-7-3-5-9-16(14)20-19-13-15-8-4-6-10-17(15)18(19)11-12-21(20)2;1-14-10-11-17-16-8-4-3-7-15(16)13-18(17)20(14)19-9-5-6-12-21(19)2;1-13-7-3-5-9-15(13)17-16-10-6-4-8-14(16)11-12-18(17)2;1-12-6-3-4-8-14(12)16-15-9-5-7-13(15)10-11-17(16)2;1-11-7-3-4-8-12(11)13-9-5-6-10-14(13)2;11*1-2/h2*3-12H,13H2,1-2H3;3-12H,1-2H3;3-8,10-11H,9H2,1-2H3;3-10H,1-2H3;11*1-2H3/q5*+1;;;;;;;;;;;. The van der Waals surface area contributed by atoms with E-state index in [0.29, 0.717) is 0 Å². The zero-order valence-electron chi connectivity index (χ0n) is 76.4. The molecule has 5 aromatic heterocycles. The highest BCUT2D eigenvalue weighted by atomic mass is 14.9. The van der Waals surface area contributed by atoms with Crippen molar-refractivity contribution in [2.24, 2.45) is 35.2 Å². The SMILES string of the molecule is CC.CC.CC.CC.CC.CC.CC.CC.CC.CC.CC.Cc1ccc2c(c1-c1cccc[n+]1C)Cc1ccccc1-2.Cc1ccccc1-c1c2c(cc[n+]1C)-c1ccccc1C2.Cc1ccccc1-c1c2c(cc[n+]1C)C=CC2.Cc1ccccc1-c1c2ccccc2cc[n+]1C.Cc1ccccc1-c1cccc[n+]1C. The summed E-state index contributed by atoms with van der Waals surface area (Å²) in [6.45, 7) is 54.9. The molecule has 5 heteroatoms. The molecule has 0 fully saturated rings. The van der Waals surface area contributed by atoms with Crippen molar-refractivity contribution in [3.8, 4) is 78.5 Å². The molecule has 0 amide bonds.